The van der Waals surface area contributed by atoms with Gasteiger partial charge in [-0.1, -0.05) is 54.6 Å². The highest BCUT2D eigenvalue weighted by atomic mass is 16.5. The number of benzene rings is 3. The van der Waals surface area contributed by atoms with E-state index in [1.165, 1.54) is 0 Å². The minimum absolute atomic E-state index is 0.235. The Balaban J connectivity index is 2.04. The van der Waals surface area contributed by atoms with Crippen LogP contribution in [0.1, 0.15) is 38.1 Å². The largest absolute Gasteiger partial charge is 0.462 e. The molecule has 0 aliphatic carbocycles. The maximum Gasteiger partial charge on any atom is 0.342 e. The van der Waals surface area contributed by atoms with Crippen LogP contribution in [0.3, 0.4) is 0 Å². The number of ether oxygens (including phenoxy) is 2. The van der Waals surface area contributed by atoms with Gasteiger partial charge in [-0.05, 0) is 33.8 Å². The summed E-state index contributed by atoms with van der Waals surface area (Å²) in [6.45, 7) is 7.38. The Hall–Kier alpha value is -3.60. The average Bonchev–Trinajstić information content (AvgIpc) is 3.14. The van der Waals surface area contributed by atoms with E-state index in [1.54, 1.807) is 33.8 Å². The standard InChI is InChI=1S/C26H24O5/c1-5-29-24(27)21-19-15-20(30-25(28)26(2,3)4)17-13-9-10-14-18(17)23(19)31-22(21)16-11-7-6-8-12-16/h6-15H,5H2,1-4H3. The normalized spacial score (nSPS) is 11.6. The van der Waals surface area contributed by atoms with Gasteiger partial charge < -0.3 is 13.9 Å². The van der Waals surface area contributed by atoms with Gasteiger partial charge in [0.2, 0.25) is 0 Å². The zero-order valence-corrected chi connectivity index (χ0v) is 18.0. The monoisotopic (exact) mass is 416 g/mol. The number of esters is 2. The van der Waals surface area contributed by atoms with E-state index in [2.05, 4.69) is 0 Å². The summed E-state index contributed by atoms with van der Waals surface area (Å²) in [5.74, 6) is -0.0302. The van der Waals surface area contributed by atoms with Crippen molar-refractivity contribution in [3.05, 3.63) is 66.2 Å². The fourth-order valence-electron chi connectivity index (χ4n) is 3.42. The van der Waals surface area contributed by atoms with Gasteiger partial charge in [0.25, 0.3) is 0 Å². The molecule has 3 aromatic carbocycles. The molecule has 0 unspecified atom stereocenters. The first-order valence-corrected chi connectivity index (χ1v) is 10.2. The van der Waals surface area contributed by atoms with Crippen LogP contribution >= 0.6 is 0 Å². The topological polar surface area (TPSA) is 65.7 Å². The van der Waals surface area contributed by atoms with Crippen LogP contribution in [-0.4, -0.2) is 18.5 Å². The Kier molecular flexibility index (Phi) is 5.27. The third kappa shape index (κ3) is 3.79. The number of rotatable bonds is 4. The molecule has 0 atom stereocenters. The summed E-state index contributed by atoms with van der Waals surface area (Å²) < 4.78 is 17.4. The lowest BCUT2D eigenvalue weighted by Gasteiger charge is -2.17. The highest BCUT2D eigenvalue weighted by molar-refractivity contribution is 6.17. The van der Waals surface area contributed by atoms with E-state index < -0.39 is 11.4 Å². The molecule has 4 aromatic rings. The van der Waals surface area contributed by atoms with Crippen molar-refractivity contribution < 1.29 is 23.5 Å². The Morgan fingerprint density at radius 1 is 0.903 bits per heavy atom. The molecule has 5 heteroatoms. The van der Waals surface area contributed by atoms with Crippen LogP contribution in [0.15, 0.2) is 65.1 Å². The van der Waals surface area contributed by atoms with Gasteiger partial charge in [-0.15, -0.1) is 0 Å². The molecule has 4 rings (SSSR count). The van der Waals surface area contributed by atoms with Crippen molar-refractivity contribution >= 4 is 33.7 Å². The Bertz CT molecular complexity index is 1280. The van der Waals surface area contributed by atoms with E-state index in [1.807, 2.05) is 54.6 Å². The molecule has 0 saturated heterocycles. The number of carbonyl (C=O) groups is 2. The molecule has 0 amide bonds. The summed E-state index contributed by atoms with van der Waals surface area (Å²) >= 11 is 0. The molecule has 0 aliphatic rings. The van der Waals surface area contributed by atoms with Crippen LogP contribution in [0.4, 0.5) is 0 Å². The van der Waals surface area contributed by atoms with Gasteiger partial charge in [-0.2, -0.15) is 0 Å². The van der Waals surface area contributed by atoms with E-state index in [0.717, 1.165) is 16.3 Å². The molecule has 158 valence electrons. The maximum absolute atomic E-state index is 13.0. The summed E-state index contributed by atoms with van der Waals surface area (Å²) in [4.78, 5) is 25.6. The van der Waals surface area contributed by atoms with Crippen molar-refractivity contribution in [1.82, 2.24) is 0 Å². The number of hydrogen-bond donors (Lipinski definition) is 0. The van der Waals surface area contributed by atoms with Gasteiger partial charge in [0.05, 0.1) is 12.0 Å². The smallest absolute Gasteiger partial charge is 0.342 e. The van der Waals surface area contributed by atoms with E-state index in [9.17, 15) is 9.59 Å². The second kappa shape index (κ2) is 7.91. The van der Waals surface area contributed by atoms with Gasteiger partial charge in [0.15, 0.2) is 0 Å². The molecule has 0 spiro atoms. The summed E-state index contributed by atoms with van der Waals surface area (Å²) in [5, 5.41) is 2.04. The SMILES string of the molecule is CCOC(=O)c1c(-c2ccccc2)oc2c1cc(OC(=O)C(C)(C)C)c1ccccc12. The number of carbonyl (C=O) groups excluding carboxylic acids is 2. The molecule has 1 aromatic heterocycles. The van der Waals surface area contributed by atoms with Gasteiger partial charge in [-0.25, -0.2) is 4.79 Å². The highest BCUT2D eigenvalue weighted by Crippen LogP contribution is 2.41. The molecule has 5 nitrogen and oxygen atoms in total. The minimum Gasteiger partial charge on any atom is -0.462 e. The molecule has 0 bridgehead atoms. The third-order valence-corrected chi connectivity index (χ3v) is 4.99. The lowest BCUT2D eigenvalue weighted by Crippen LogP contribution is -2.25. The summed E-state index contributed by atoms with van der Waals surface area (Å²) in [5.41, 5.74) is 0.958. The summed E-state index contributed by atoms with van der Waals surface area (Å²) in [6.07, 6.45) is 0. The fraction of sp³-hybridized carbons (Fsp3) is 0.231. The maximum atomic E-state index is 13.0. The molecule has 0 saturated carbocycles. The molecule has 0 N–H and O–H groups in total. The quantitative estimate of drug-likeness (QED) is 0.285. The second-order valence-corrected chi connectivity index (χ2v) is 8.33. The minimum atomic E-state index is -0.675. The van der Waals surface area contributed by atoms with Crippen LogP contribution in [0.2, 0.25) is 0 Å². The molecule has 0 fully saturated rings. The van der Waals surface area contributed by atoms with Gasteiger partial charge in [0, 0.05) is 21.7 Å². The van der Waals surface area contributed by atoms with Crippen molar-refractivity contribution in [3.63, 3.8) is 0 Å². The van der Waals surface area contributed by atoms with Crippen molar-refractivity contribution in [2.45, 2.75) is 27.7 Å². The van der Waals surface area contributed by atoms with Gasteiger partial charge in [0.1, 0.15) is 22.7 Å². The third-order valence-electron chi connectivity index (χ3n) is 4.99. The first kappa shape index (κ1) is 20.7. The summed E-state index contributed by atoms with van der Waals surface area (Å²) in [7, 11) is 0. The highest BCUT2D eigenvalue weighted by Gasteiger charge is 2.28. The van der Waals surface area contributed by atoms with Crippen LogP contribution in [-0.2, 0) is 9.53 Å². The molecule has 1 heterocycles. The van der Waals surface area contributed by atoms with Gasteiger partial charge in [-0.3, -0.25) is 4.79 Å². The zero-order chi connectivity index (χ0) is 22.2. The average molecular weight is 416 g/mol. The van der Waals surface area contributed by atoms with E-state index in [4.69, 9.17) is 13.9 Å². The van der Waals surface area contributed by atoms with Crippen LogP contribution < -0.4 is 4.74 Å². The molecule has 0 aliphatic heterocycles. The first-order valence-electron chi connectivity index (χ1n) is 10.2. The Morgan fingerprint density at radius 2 is 1.55 bits per heavy atom. The number of fused-ring (bicyclic) bond motifs is 3. The van der Waals surface area contributed by atoms with E-state index in [-0.39, 0.29) is 12.6 Å². The predicted molar refractivity (Wildman–Crippen MR) is 120 cm³/mol. The van der Waals surface area contributed by atoms with Crippen LogP contribution in [0, 0.1) is 5.41 Å². The molecule has 31 heavy (non-hydrogen) atoms. The molecule has 0 radical (unpaired) electrons. The lowest BCUT2D eigenvalue weighted by molar-refractivity contribution is -0.142. The molecular weight excluding hydrogens is 392 g/mol. The van der Waals surface area contributed by atoms with E-state index >= 15 is 0 Å². The lowest BCUT2D eigenvalue weighted by atomic mass is 9.97. The van der Waals surface area contributed by atoms with Crippen molar-refractivity contribution in [1.29, 1.82) is 0 Å². The summed E-state index contributed by atoms with van der Waals surface area (Å²) in [6, 6.07) is 18.6. The van der Waals surface area contributed by atoms with Crippen LogP contribution in [0.5, 0.6) is 5.75 Å². The number of furan rings is 1. The van der Waals surface area contributed by atoms with E-state index in [0.29, 0.717) is 28.0 Å². The van der Waals surface area contributed by atoms with Crippen molar-refractivity contribution in [3.8, 4) is 17.1 Å². The number of hydrogen-bond acceptors (Lipinski definition) is 5. The van der Waals surface area contributed by atoms with Crippen LogP contribution in [0.25, 0.3) is 33.1 Å². The zero-order valence-electron chi connectivity index (χ0n) is 18.0. The van der Waals surface area contributed by atoms with Crippen molar-refractivity contribution in [2.75, 3.05) is 6.61 Å². The first-order chi connectivity index (χ1) is 14.8. The van der Waals surface area contributed by atoms with Crippen molar-refractivity contribution in [2.24, 2.45) is 5.41 Å². The van der Waals surface area contributed by atoms with Gasteiger partial charge >= 0.3 is 11.9 Å². The Morgan fingerprint density at radius 3 is 2.19 bits per heavy atom. The molecular formula is C26H24O5. The second-order valence-electron chi connectivity index (χ2n) is 8.33. The predicted octanol–water partition coefficient (Wildman–Crippen LogP) is 6.38. The fourth-order valence-corrected chi connectivity index (χ4v) is 3.42. The Labute approximate surface area is 180 Å².